The average molecular weight is 280 g/mol. The van der Waals surface area contributed by atoms with Crippen molar-refractivity contribution >= 4 is 33.7 Å². The van der Waals surface area contributed by atoms with Gasteiger partial charge in [-0.1, -0.05) is 11.6 Å². The fourth-order valence-corrected chi connectivity index (χ4v) is 1.55. The molecule has 4 nitrogen and oxygen atoms in total. The molecule has 0 aromatic heterocycles. The van der Waals surface area contributed by atoms with Crippen LogP contribution in [0, 0.1) is 0 Å². The monoisotopic (exact) mass is 278 g/mol. The van der Waals surface area contributed by atoms with E-state index >= 15 is 0 Å². The van der Waals surface area contributed by atoms with E-state index < -0.39 is 0 Å². The van der Waals surface area contributed by atoms with Crippen molar-refractivity contribution in [2.45, 2.75) is 0 Å². The number of phenols is 1. The molecule has 76 valence electrons. The zero-order chi connectivity index (χ0) is 10.7. The summed E-state index contributed by atoms with van der Waals surface area (Å²) in [4.78, 5) is 0. The summed E-state index contributed by atoms with van der Waals surface area (Å²) in [5.41, 5.74) is 0.632. The third-order valence-electron chi connectivity index (χ3n) is 1.61. The highest BCUT2D eigenvalue weighted by Crippen LogP contribution is 2.40. The highest BCUT2D eigenvalue weighted by atomic mass is 79.9. The van der Waals surface area contributed by atoms with E-state index in [4.69, 9.17) is 22.2 Å². The number of hydrazone groups is 1. The first-order valence-corrected chi connectivity index (χ1v) is 4.77. The van der Waals surface area contributed by atoms with Gasteiger partial charge in [-0.2, -0.15) is 5.10 Å². The molecule has 6 heteroatoms. The summed E-state index contributed by atoms with van der Waals surface area (Å²) in [7, 11) is 1.43. The van der Waals surface area contributed by atoms with Gasteiger partial charge in [-0.15, -0.1) is 0 Å². The second-order valence-corrected chi connectivity index (χ2v) is 3.59. The Labute approximate surface area is 94.4 Å². The topological polar surface area (TPSA) is 67.8 Å². The third kappa shape index (κ3) is 1.93. The Morgan fingerprint density at radius 3 is 2.86 bits per heavy atom. The van der Waals surface area contributed by atoms with Crippen LogP contribution in [0.4, 0.5) is 0 Å². The first-order chi connectivity index (χ1) is 6.61. The van der Waals surface area contributed by atoms with Gasteiger partial charge in [0.15, 0.2) is 11.5 Å². The summed E-state index contributed by atoms with van der Waals surface area (Å²) >= 11 is 9.02. The Bertz CT molecular complexity index is 382. The number of aromatic hydroxyl groups is 1. The van der Waals surface area contributed by atoms with E-state index in [2.05, 4.69) is 21.0 Å². The van der Waals surface area contributed by atoms with Crippen molar-refractivity contribution in [3.63, 3.8) is 0 Å². The first-order valence-electron chi connectivity index (χ1n) is 3.60. The molecule has 0 saturated heterocycles. The molecule has 1 aromatic carbocycles. The van der Waals surface area contributed by atoms with E-state index in [-0.39, 0.29) is 16.5 Å². The van der Waals surface area contributed by atoms with Crippen LogP contribution in [0.1, 0.15) is 5.56 Å². The van der Waals surface area contributed by atoms with Gasteiger partial charge in [0, 0.05) is 10.0 Å². The van der Waals surface area contributed by atoms with E-state index in [9.17, 15) is 5.11 Å². The standard InChI is InChI=1S/C8H8BrClN2O2/c1-14-5-2-4(3-12-11)6(9)7(10)8(5)13/h2-3,13H,11H2,1H3. The summed E-state index contributed by atoms with van der Waals surface area (Å²) in [5.74, 6) is 5.17. The highest BCUT2D eigenvalue weighted by Gasteiger charge is 2.13. The van der Waals surface area contributed by atoms with Gasteiger partial charge in [0.2, 0.25) is 0 Å². The number of methoxy groups -OCH3 is 1. The lowest BCUT2D eigenvalue weighted by Gasteiger charge is -2.08. The van der Waals surface area contributed by atoms with Crippen molar-refractivity contribution in [1.29, 1.82) is 0 Å². The highest BCUT2D eigenvalue weighted by molar-refractivity contribution is 9.10. The van der Waals surface area contributed by atoms with Crippen molar-refractivity contribution in [1.82, 2.24) is 0 Å². The van der Waals surface area contributed by atoms with Crippen LogP contribution < -0.4 is 10.6 Å². The van der Waals surface area contributed by atoms with Crippen LogP contribution in [0.3, 0.4) is 0 Å². The summed E-state index contributed by atoms with van der Waals surface area (Å²) in [6, 6.07) is 1.57. The minimum atomic E-state index is -0.116. The average Bonchev–Trinajstić information content (AvgIpc) is 2.19. The van der Waals surface area contributed by atoms with Crippen LogP contribution in [0.15, 0.2) is 15.6 Å². The van der Waals surface area contributed by atoms with Crippen LogP contribution in [-0.2, 0) is 0 Å². The molecule has 14 heavy (non-hydrogen) atoms. The summed E-state index contributed by atoms with van der Waals surface area (Å²) < 4.78 is 5.43. The van der Waals surface area contributed by atoms with E-state index in [1.54, 1.807) is 6.07 Å². The maximum absolute atomic E-state index is 9.51. The largest absolute Gasteiger partial charge is 0.503 e. The first kappa shape index (κ1) is 11.1. The molecular formula is C8H8BrClN2O2. The van der Waals surface area contributed by atoms with Crippen LogP contribution in [-0.4, -0.2) is 18.4 Å². The summed E-state index contributed by atoms with van der Waals surface area (Å²) in [6.07, 6.45) is 1.40. The quantitative estimate of drug-likeness (QED) is 0.495. The van der Waals surface area contributed by atoms with E-state index in [0.717, 1.165) is 0 Å². The van der Waals surface area contributed by atoms with Crippen molar-refractivity contribution in [3.05, 3.63) is 21.1 Å². The molecule has 0 aliphatic rings. The lowest BCUT2D eigenvalue weighted by Crippen LogP contribution is -1.92. The number of halogens is 2. The number of nitrogens with zero attached hydrogens (tertiary/aromatic N) is 1. The van der Waals surface area contributed by atoms with Gasteiger partial charge in [-0.25, -0.2) is 0 Å². The number of benzene rings is 1. The SMILES string of the molecule is COc1cc(C=NN)c(Br)c(Cl)c1O. The second kappa shape index (κ2) is 4.52. The van der Waals surface area contributed by atoms with Gasteiger partial charge in [0.1, 0.15) is 5.02 Å². The lowest BCUT2D eigenvalue weighted by atomic mass is 10.2. The van der Waals surface area contributed by atoms with Gasteiger partial charge in [-0.05, 0) is 22.0 Å². The van der Waals surface area contributed by atoms with Crippen molar-refractivity contribution in [3.8, 4) is 11.5 Å². The molecule has 0 unspecified atom stereocenters. The maximum atomic E-state index is 9.51. The number of rotatable bonds is 2. The van der Waals surface area contributed by atoms with Gasteiger partial charge in [0.25, 0.3) is 0 Å². The minimum Gasteiger partial charge on any atom is -0.503 e. The number of ether oxygens (including phenoxy) is 1. The van der Waals surface area contributed by atoms with E-state index in [0.29, 0.717) is 10.0 Å². The minimum absolute atomic E-state index is 0.116. The number of nitrogens with two attached hydrogens (primary N) is 1. The summed E-state index contributed by atoms with van der Waals surface area (Å²) in [6.45, 7) is 0. The van der Waals surface area contributed by atoms with E-state index in [1.807, 2.05) is 0 Å². The second-order valence-electron chi connectivity index (χ2n) is 2.42. The van der Waals surface area contributed by atoms with Gasteiger partial charge in [-0.3, -0.25) is 0 Å². The fourth-order valence-electron chi connectivity index (χ4n) is 0.942. The molecule has 1 rings (SSSR count). The van der Waals surface area contributed by atoms with Crippen LogP contribution in [0.25, 0.3) is 0 Å². The third-order valence-corrected chi connectivity index (χ3v) is 3.06. The van der Waals surface area contributed by atoms with Gasteiger partial charge in [0.05, 0.1) is 13.3 Å². The Balaban J connectivity index is 3.40. The zero-order valence-electron chi connectivity index (χ0n) is 7.29. The molecule has 0 aliphatic heterocycles. The predicted molar refractivity (Wildman–Crippen MR) is 59.2 cm³/mol. The molecule has 1 aromatic rings. The molecular weight excluding hydrogens is 271 g/mol. The van der Waals surface area contributed by atoms with E-state index in [1.165, 1.54) is 13.3 Å². The molecule has 0 aliphatic carbocycles. The molecule has 0 saturated carbocycles. The maximum Gasteiger partial charge on any atom is 0.177 e. The number of hydrogen-bond acceptors (Lipinski definition) is 4. The molecule has 0 atom stereocenters. The van der Waals surface area contributed by atoms with Crippen LogP contribution in [0.5, 0.6) is 11.5 Å². The Morgan fingerprint density at radius 2 is 2.36 bits per heavy atom. The van der Waals surface area contributed by atoms with Crippen molar-refractivity contribution in [2.24, 2.45) is 10.9 Å². The summed E-state index contributed by atoms with van der Waals surface area (Å²) in [5, 5.41) is 13.0. The fraction of sp³-hybridized carbons (Fsp3) is 0.125. The Hall–Kier alpha value is -0.940. The number of hydrogen-bond donors (Lipinski definition) is 2. The van der Waals surface area contributed by atoms with Gasteiger partial charge >= 0.3 is 0 Å². The smallest absolute Gasteiger partial charge is 0.177 e. The molecule has 0 fully saturated rings. The van der Waals surface area contributed by atoms with Crippen LogP contribution >= 0.6 is 27.5 Å². The molecule has 0 radical (unpaired) electrons. The van der Waals surface area contributed by atoms with Gasteiger partial charge < -0.3 is 15.7 Å². The molecule has 0 spiro atoms. The number of phenolic OH excluding ortho intramolecular Hbond substituents is 1. The predicted octanol–water partition coefficient (Wildman–Crippen LogP) is 2.11. The van der Waals surface area contributed by atoms with Crippen LogP contribution in [0.2, 0.25) is 5.02 Å². The Morgan fingerprint density at radius 1 is 1.71 bits per heavy atom. The normalized spacial score (nSPS) is 10.8. The lowest BCUT2D eigenvalue weighted by molar-refractivity contribution is 0.373. The molecule has 0 amide bonds. The zero-order valence-corrected chi connectivity index (χ0v) is 9.63. The van der Waals surface area contributed by atoms with Crippen molar-refractivity contribution < 1.29 is 9.84 Å². The van der Waals surface area contributed by atoms with Crippen molar-refractivity contribution in [2.75, 3.05) is 7.11 Å². The molecule has 0 bridgehead atoms. The molecule has 0 heterocycles. The molecule has 3 N–H and O–H groups in total. The Kier molecular flexibility index (Phi) is 3.60.